The van der Waals surface area contributed by atoms with Gasteiger partial charge in [0.15, 0.2) is 5.69 Å². The average molecular weight is 473 g/mol. The number of carbonyl (C=O) groups excluding carboxylic acids is 2. The van der Waals surface area contributed by atoms with Crippen LogP contribution in [0.15, 0.2) is 18.6 Å². The summed E-state index contributed by atoms with van der Waals surface area (Å²) >= 11 is 5.71. The molecule has 172 valence electrons. The Hall–Kier alpha value is -3.35. The van der Waals surface area contributed by atoms with Crippen molar-refractivity contribution in [2.75, 3.05) is 5.32 Å². The number of alkyl halides is 3. The van der Waals surface area contributed by atoms with E-state index in [-0.39, 0.29) is 36.6 Å². The molecule has 10 nitrogen and oxygen atoms in total. The van der Waals surface area contributed by atoms with E-state index >= 15 is 0 Å². The van der Waals surface area contributed by atoms with Gasteiger partial charge in [0.25, 0.3) is 5.91 Å². The second-order valence-electron chi connectivity index (χ2n) is 7.00. The van der Waals surface area contributed by atoms with Crippen LogP contribution in [-0.2, 0) is 38.2 Å². The normalized spacial score (nSPS) is 11.6. The lowest BCUT2D eigenvalue weighted by atomic mass is 10.3. The molecule has 3 rings (SSSR count). The second-order valence-corrected chi connectivity index (χ2v) is 7.38. The number of aromatic nitrogens is 6. The summed E-state index contributed by atoms with van der Waals surface area (Å²) in [5.74, 6) is -0.993. The monoisotopic (exact) mass is 472 g/mol. The average Bonchev–Trinajstić information content (AvgIpc) is 3.37. The van der Waals surface area contributed by atoms with Gasteiger partial charge < -0.3 is 10.6 Å². The topological polar surface area (TPSA) is 112 Å². The van der Waals surface area contributed by atoms with Crippen molar-refractivity contribution in [3.05, 3.63) is 46.3 Å². The zero-order chi connectivity index (χ0) is 23.6. The number of amides is 2. The number of nitrogens with one attached hydrogen (secondary N) is 2. The van der Waals surface area contributed by atoms with E-state index < -0.39 is 28.7 Å². The Bertz CT molecular complexity index is 1150. The van der Waals surface area contributed by atoms with Crippen molar-refractivity contribution < 1.29 is 22.8 Å². The molecule has 0 saturated heterocycles. The van der Waals surface area contributed by atoms with E-state index in [2.05, 4.69) is 25.9 Å². The quantitative estimate of drug-likeness (QED) is 0.548. The molecule has 2 N–H and O–H groups in total. The van der Waals surface area contributed by atoms with Gasteiger partial charge in [-0.05, 0) is 6.92 Å². The largest absolute Gasteiger partial charge is 0.436 e. The lowest BCUT2D eigenvalue weighted by Crippen LogP contribution is -2.27. The Kier molecular flexibility index (Phi) is 6.57. The molecule has 0 unspecified atom stereocenters. The van der Waals surface area contributed by atoms with E-state index in [1.54, 1.807) is 31.2 Å². The van der Waals surface area contributed by atoms with Crippen LogP contribution in [0.25, 0.3) is 0 Å². The van der Waals surface area contributed by atoms with Gasteiger partial charge in [-0.1, -0.05) is 11.6 Å². The van der Waals surface area contributed by atoms with Gasteiger partial charge in [-0.15, -0.1) is 0 Å². The molecule has 0 fully saturated rings. The minimum atomic E-state index is -4.69. The summed E-state index contributed by atoms with van der Waals surface area (Å²) in [7, 11) is 3.30. The number of hydrogen-bond acceptors (Lipinski definition) is 5. The molecule has 14 heteroatoms. The minimum Gasteiger partial charge on any atom is -0.346 e. The number of nitrogens with zero attached hydrogens (tertiary/aromatic N) is 6. The number of anilines is 1. The van der Waals surface area contributed by atoms with Gasteiger partial charge in [-0.25, -0.2) is 0 Å². The van der Waals surface area contributed by atoms with Crippen molar-refractivity contribution in [3.63, 3.8) is 0 Å². The van der Waals surface area contributed by atoms with E-state index in [0.29, 0.717) is 0 Å². The molecule has 2 amide bonds. The van der Waals surface area contributed by atoms with Crippen LogP contribution in [0.3, 0.4) is 0 Å². The van der Waals surface area contributed by atoms with E-state index in [1.807, 2.05) is 0 Å². The van der Waals surface area contributed by atoms with Gasteiger partial charge in [0.05, 0.1) is 35.3 Å². The summed E-state index contributed by atoms with van der Waals surface area (Å²) in [6, 6.07) is 0. The maximum atomic E-state index is 12.9. The molecular weight excluding hydrogens is 453 g/mol. The maximum absolute atomic E-state index is 12.9. The second kappa shape index (κ2) is 9.02. The maximum Gasteiger partial charge on any atom is 0.436 e. The van der Waals surface area contributed by atoms with Gasteiger partial charge >= 0.3 is 6.18 Å². The highest BCUT2D eigenvalue weighted by Gasteiger charge is 2.38. The fourth-order valence-corrected chi connectivity index (χ4v) is 3.21. The Balaban J connectivity index is 1.63. The Morgan fingerprint density at radius 3 is 2.50 bits per heavy atom. The van der Waals surface area contributed by atoms with Gasteiger partial charge in [-0.2, -0.15) is 28.5 Å². The summed E-state index contributed by atoms with van der Waals surface area (Å²) in [6.07, 6.45) is -0.209. The first-order chi connectivity index (χ1) is 15.0. The number of halogens is 4. The van der Waals surface area contributed by atoms with Crippen LogP contribution in [0.4, 0.5) is 18.9 Å². The third kappa shape index (κ3) is 5.10. The summed E-state index contributed by atoms with van der Waals surface area (Å²) in [5, 5.41) is 16.2. The molecule has 0 atom stereocenters. The Morgan fingerprint density at radius 1 is 1.19 bits per heavy atom. The van der Waals surface area contributed by atoms with E-state index in [0.717, 1.165) is 10.2 Å². The first-order valence-corrected chi connectivity index (χ1v) is 9.72. The standard InChI is InChI=1S/C18H20ClF3N8O2/c1-10-14(19)16(18(20,21)22)27-30(10)5-4-13(31)26-12-8-25-29(3)15(12)17(32)23-6-11-7-24-28(2)9-11/h7-9H,4-6H2,1-3H3,(H,23,32)(H,26,31). The molecule has 3 aromatic rings. The zero-order valence-corrected chi connectivity index (χ0v) is 18.1. The molecule has 0 aromatic carbocycles. The molecule has 0 bridgehead atoms. The summed E-state index contributed by atoms with van der Waals surface area (Å²) in [6.45, 7) is 1.48. The fourth-order valence-electron chi connectivity index (χ4n) is 2.97. The number of rotatable bonds is 7. The predicted octanol–water partition coefficient (Wildman–Crippen LogP) is 2.29. The predicted molar refractivity (Wildman–Crippen MR) is 108 cm³/mol. The summed E-state index contributed by atoms with van der Waals surface area (Å²) in [4.78, 5) is 24.9. The molecule has 0 aliphatic heterocycles. The molecule has 32 heavy (non-hydrogen) atoms. The van der Waals surface area contributed by atoms with Crippen molar-refractivity contribution in [3.8, 4) is 0 Å². The lowest BCUT2D eigenvalue weighted by Gasteiger charge is -2.09. The van der Waals surface area contributed by atoms with Gasteiger partial charge in [0.2, 0.25) is 5.91 Å². The number of hydrogen-bond donors (Lipinski definition) is 2. The van der Waals surface area contributed by atoms with Crippen LogP contribution in [0.5, 0.6) is 0 Å². The first kappa shape index (κ1) is 23.3. The zero-order valence-electron chi connectivity index (χ0n) is 17.4. The van der Waals surface area contributed by atoms with Crippen molar-refractivity contribution in [1.82, 2.24) is 34.7 Å². The first-order valence-electron chi connectivity index (χ1n) is 9.35. The van der Waals surface area contributed by atoms with Crippen LogP contribution >= 0.6 is 11.6 Å². The van der Waals surface area contributed by atoms with Crippen LogP contribution in [0, 0.1) is 6.92 Å². The van der Waals surface area contributed by atoms with Crippen LogP contribution in [0.2, 0.25) is 5.02 Å². The number of carbonyl (C=O) groups is 2. The fraction of sp³-hybridized carbons (Fsp3) is 0.389. The third-order valence-electron chi connectivity index (χ3n) is 4.59. The molecular formula is C18H20ClF3N8O2. The van der Waals surface area contributed by atoms with E-state index in [1.165, 1.54) is 17.8 Å². The lowest BCUT2D eigenvalue weighted by molar-refractivity contribution is -0.141. The Labute approximate surface area is 185 Å². The highest BCUT2D eigenvalue weighted by Crippen LogP contribution is 2.35. The van der Waals surface area contributed by atoms with E-state index in [4.69, 9.17) is 11.6 Å². The SMILES string of the molecule is Cc1c(Cl)c(C(F)(F)F)nn1CCC(=O)Nc1cnn(C)c1C(=O)NCc1cnn(C)c1. The highest BCUT2D eigenvalue weighted by molar-refractivity contribution is 6.31. The molecule has 0 spiro atoms. The molecule has 0 aliphatic rings. The number of aryl methyl sites for hydroxylation is 3. The van der Waals surface area contributed by atoms with Crippen molar-refractivity contribution in [2.24, 2.45) is 14.1 Å². The highest BCUT2D eigenvalue weighted by atomic mass is 35.5. The van der Waals surface area contributed by atoms with E-state index in [9.17, 15) is 22.8 Å². The van der Waals surface area contributed by atoms with Gasteiger partial charge in [0.1, 0.15) is 5.69 Å². The van der Waals surface area contributed by atoms with Gasteiger partial charge in [-0.3, -0.25) is 23.6 Å². The molecule has 0 aliphatic carbocycles. The van der Waals surface area contributed by atoms with Crippen molar-refractivity contribution in [1.29, 1.82) is 0 Å². The minimum absolute atomic E-state index is 0.101. The van der Waals surface area contributed by atoms with Crippen LogP contribution in [-0.4, -0.2) is 41.2 Å². The summed E-state index contributed by atoms with van der Waals surface area (Å²) in [5.41, 5.74) is -0.00655. The Morgan fingerprint density at radius 2 is 1.91 bits per heavy atom. The molecule has 3 aromatic heterocycles. The molecule has 3 heterocycles. The van der Waals surface area contributed by atoms with Crippen LogP contribution < -0.4 is 10.6 Å². The van der Waals surface area contributed by atoms with Crippen LogP contribution in [0.1, 0.15) is 33.9 Å². The summed E-state index contributed by atoms with van der Waals surface area (Å²) < 4.78 is 42.7. The van der Waals surface area contributed by atoms with Crippen molar-refractivity contribution >= 4 is 29.1 Å². The smallest absolute Gasteiger partial charge is 0.346 e. The molecule has 0 saturated carbocycles. The van der Waals surface area contributed by atoms with Crippen molar-refractivity contribution in [2.45, 2.75) is 32.6 Å². The molecule has 0 radical (unpaired) electrons. The van der Waals surface area contributed by atoms with Gasteiger partial charge in [0, 0.05) is 38.8 Å². The third-order valence-corrected chi connectivity index (χ3v) is 5.04.